The Labute approximate surface area is 183 Å². The van der Waals surface area contributed by atoms with Gasteiger partial charge >= 0.3 is 0 Å². The first-order valence-corrected chi connectivity index (χ1v) is 11.0. The van der Waals surface area contributed by atoms with Crippen LogP contribution in [-0.2, 0) is 0 Å². The summed E-state index contributed by atoms with van der Waals surface area (Å²) in [5, 5.41) is 14.9. The van der Waals surface area contributed by atoms with E-state index in [0.717, 1.165) is 40.8 Å². The molecular weight excluding hydrogens is 404 g/mol. The van der Waals surface area contributed by atoms with Crippen molar-refractivity contribution < 1.29 is 4.42 Å². The molecule has 32 heavy (non-hydrogen) atoms. The van der Waals surface area contributed by atoms with E-state index < -0.39 is 0 Å². The molecule has 6 rings (SSSR count). The quantitative estimate of drug-likeness (QED) is 0.444. The van der Waals surface area contributed by atoms with E-state index in [2.05, 4.69) is 31.3 Å². The fourth-order valence-corrected chi connectivity index (χ4v) is 4.80. The van der Waals surface area contributed by atoms with Crippen molar-refractivity contribution in [2.75, 3.05) is 0 Å². The highest BCUT2D eigenvalue weighted by Gasteiger charge is 2.23. The highest BCUT2D eigenvalue weighted by atomic mass is 16.3. The molecule has 5 aromatic rings. The third kappa shape index (κ3) is 3.02. The highest BCUT2D eigenvalue weighted by Crippen LogP contribution is 2.37. The van der Waals surface area contributed by atoms with E-state index in [-0.39, 0.29) is 5.43 Å². The summed E-state index contributed by atoms with van der Waals surface area (Å²) in [6, 6.07) is 12.2. The Morgan fingerprint density at radius 3 is 2.72 bits per heavy atom. The van der Waals surface area contributed by atoms with E-state index in [0.29, 0.717) is 28.4 Å². The van der Waals surface area contributed by atoms with Gasteiger partial charge in [0.1, 0.15) is 11.4 Å². The van der Waals surface area contributed by atoms with Crippen molar-refractivity contribution in [1.29, 1.82) is 0 Å². The van der Waals surface area contributed by atoms with Crippen LogP contribution in [0.2, 0.25) is 0 Å². The Bertz CT molecular complexity index is 1490. The largest absolute Gasteiger partial charge is 0.464 e. The predicted molar refractivity (Wildman–Crippen MR) is 121 cm³/mol. The molecule has 1 fully saturated rings. The normalized spacial score (nSPS) is 15.0. The fourth-order valence-electron chi connectivity index (χ4n) is 4.80. The SMILES string of the molecule is Cc1coc2ccc(-c3nc4cc(-c5nn[nH]n5)ccc4n3C3CCCCC3)cc2c1=O. The van der Waals surface area contributed by atoms with Gasteiger partial charge in [-0.2, -0.15) is 5.21 Å². The average molecular weight is 426 g/mol. The van der Waals surface area contributed by atoms with Crippen LogP contribution in [0.25, 0.3) is 44.8 Å². The Morgan fingerprint density at radius 1 is 1.06 bits per heavy atom. The van der Waals surface area contributed by atoms with Crippen LogP contribution in [0, 0.1) is 6.92 Å². The molecule has 3 aromatic heterocycles. The predicted octanol–water partition coefficient (Wildman–Crippen LogP) is 4.80. The van der Waals surface area contributed by atoms with Crippen molar-refractivity contribution in [3.05, 3.63) is 58.4 Å². The number of aromatic nitrogens is 6. The minimum absolute atomic E-state index is 0.00665. The van der Waals surface area contributed by atoms with Crippen LogP contribution in [0.15, 0.2) is 51.9 Å². The van der Waals surface area contributed by atoms with Crippen LogP contribution in [0.3, 0.4) is 0 Å². The Kier molecular flexibility index (Phi) is 4.38. The zero-order valence-corrected chi connectivity index (χ0v) is 17.7. The summed E-state index contributed by atoms with van der Waals surface area (Å²) in [5.74, 6) is 1.42. The fraction of sp³-hybridized carbons (Fsp3) is 0.292. The molecule has 1 saturated carbocycles. The number of nitrogens with one attached hydrogen (secondary N) is 1. The standard InChI is InChI=1S/C24H22N6O2/c1-14-13-32-21-10-8-16(11-18(21)22(14)31)24-25-19-12-15(23-26-28-29-27-23)7-9-20(19)30(24)17-5-3-2-4-6-17/h7-13,17H,2-6H2,1H3,(H,26,27,28,29). The van der Waals surface area contributed by atoms with Crippen LogP contribution >= 0.6 is 0 Å². The zero-order valence-electron chi connectivity index (χ0n) is 17.7. The van der Waals surface area contributed by atoms with Crippen LogP contribution in [0.1, 0.15) is 43.7 Å². The number of hydrogen-bond donors (Lipinski definition) is 1. The van der Waals surface area contributed by atoms with Gasteiger partial charge in [0, 0.05) is 22.7 Å². The summed E-state index contributed by atoms with van der Waals surface area (Å²) in [4.78, 5) is 17.8. The molecule has 0 unspecified atom stereocenters. The zero-order chi connectivity index (χ0) is 21.7. The van der Waals surface area contributed by atoms with Crippen molar-refractivity contribution in [2.24, 2.45) is 0 Å². The maximum atomic E-state index is 12.7. The lowest BCUT2D eigenvalue weighted by Crippen LogP contribution is -2.14. The third-order valence-corrected chi connectivity index (χ3v) is 6.44. The number of hydrogen-bond acceptors (Lipinski definition) is 6. The number of aromatic amines is 1. The van der Waals surface area contributed by atoms with Crippen LogP contribution in [0.5, 0.6) is 0 Å². The Balaban J connectivity index is 1.58. The summed E-state index contributed by atoms with van der Waals surface area (Å²) in [5.41, 5.74) is 4.91. The molecule has 1 aliphatic carbocycles. The topological polar surface area (TPSA) is 102 Å². The van der Waals surface area contributed by atoms with Gasteiger partial charge in [-0.25, -0.2) is 4.98 Å². The first-order chi connectivity index (χ1) is 15.7. The second kappa shape index (κ2) is 7.40. The van der Waals surface area contributed by atoms with Gasteiger partial charge in [-0.15, -0.1) is 10.2 Å². The molecule has 0 radical (unpaired) electrons. The molecule has 1 N–H and O–H groups in total. The molecule has 1 aliphatic rings. The molecule has 0 amide bonds. The number of aryl methyl sites for hydroxylation is 1. The molecule has 0 bridgehead atoms. The number of imidazole rings is 1. The number of H-pyrrole nitrogens is 1. The first-order valence-electron chi connectivity index (χ1n) is 11.0. The lowest BCUT2D eigenvalue weighted by molar-refractivity contribution is 0.362. The van der Waals surface area contributed by atoms with Gasteiger partial charge in [-0.05, 0) is 61.4 Å². The van der Waals surface area contributed by atoms with Gasteiger partial charge in [-0.1, -0.05) is 19.3 Å². The third-order valence-electron chi connectivity index (χ3n) is 6.44. The molecule has 3 heterocycles. The lowest BCUT2D eigenvalue weighted by Gasteiger charge is -2.25. The van der Waals surface area contributed by atoms with Crippen molar-refractivity contribution in [1.82, 2.24) is 30.2 Å². The van der Waals surface area contributed by atoms with Gasteiger partial charge in [0.15, 0.2) is 5.43 Å². The van der Waals surface area contributed by atoms with Crippen LogP contribution in [0.4, 0.5) is 0 Å². The van der Waals surface area contributed by atoms with E-state index in [1.54, 1.807) is 6.92 Å². The molecular formula is C24H22N6O2. The summed E-state index contributed by atoms with van der Waals surface area (Å²) in [6.45, 7) is 1.77. The highest BCUT2D eigenvalue weighted by molar-refractivity contribution is 5.87. The van der Waals surface area contributed by atoms with Crippen molar-refractivity contribution in [2.45, 2.75) is 45.1 Å². The minimum Gasteiger partial charge on any atom is -0.464 e. The molecule has 160 valence electrons. The van der Waals surface area contributed by atoms with Crippen LogP contribution < -0.4 is 5.43 Å². The number of rotatable bonds is 3. The lowest BCUT2D eigenvalue weighted by atomic mass is 9.94. The second-order valence-electron chi connectivity index (χ2n) is 8.49. The van der Waals surface area contributed by atoms with Gasteiger partial charge < -0.3 is 8.98 Å². The van der Waals surface area contributed by atoms with Gasteiger partial charge in [0.05, 0.1) is 22.7 Å². The number of benzene rings is 2. The van der Waals surface area contributed by atoms with E-state index in [9.17, 15) is 4.79 Å². The van der Waals surface area contributed by atoms with E-state index in [4.69, 9.17) is 9.40 Å². The summed E-state index contributed by atoms with van der Waals surface area (Å²) < 4.78 is 7.98. The number of tetrazole rings is 1. The van der Waals surface area contributed by atoms with Crippen LogP contribution in [-0.4, -0.2) is 30.2 Å². The van der Waals surface area contributed by atoms with Crippen molar-refractivity contribution in [3.63, 3.8) is 0 Å². The summed E-state index contributed by atoms with van der Waals surface area (Å²) in [6.07, 6.45) is 7.47. The smallest absolute Gasteiger partial charge is 0.204 e. The van der Waals surface area contributed by atoms with E-state index >= 15 is 0 Å². The van der Waals surface area contributed by atoms with Gasteiger partial charge in [0.25, 0.3) is 0 Å². The number of fused-ring (bicyclic) bond motifs is 2. The molecule has 0 saturated heterocycles. The van der Waals surface area contributed by atoms with E-state index in [1.165, 1.54) is 25.5 Å². The van der Waals surface area contributed by atoms with Gasteiger partial charge in [-0.3, -0.25) is 4.79 Å². The Hall–Kier alpha value is -3.81. The molecule has 8 nitrogen and oxygen atoms in total. The minimum atomic E-state index is -0.00665. The Morgan fingerprint density at radius 2 is 1.91 bits per heavy atom. The maximum Gasteiger partial charge on any atom is 0.204 e. The van der Waals surface area contributed by atoms with Gasteiger partial charge in [0.2, 0.25) is 5.82 Å². The monoisotopic (exact) mass is 426 g/mol. The summed E-state index contributed by atoms with van der Waals surface area (Å²) in [7, 11) is 0. The molecule has 0 spiro atoms. The molecule has 0 atom stereocenters. The summed E-state index contributed by atoms with van der Waals surface area (Å²) >= 11 is 0. The second-order valence-corrected chi connectivity index (χ2v) is 8.49. The van der Waals surface area contributed by atoms with E-state index in [1.807, 2.05) is 30.3 Å². The van der Waals surface area contributed by atoms with Crippen molar-refractivity contribution >= 4 is 22.0 Å². The van der Waals surface area contributed by atoms with Crippen molar-refractivity contribution in [3.8, 4) is 22.8 Å². The first kappa shape index (κ1) is 18.9. The molecule has 0 aliphatic heterocycles. The molecule has 8 heteroatoms. The molecule has 2 aromatic carbocycles. The number of nitrogens with zero attached hydrogens (tertiary/aromatic N) is 5. The maximum absolute atomic E-state index is 12.7. The average Bonchev–Trinajstić information content (AvgIpc) is 3.50.